The van der Waals surface area contributed by atoms with Crippen molar-refractivity contribution in [1.29, 1.82) is 0 Å². The predicted molar refractivity (Wildman–Crippen MR) is 61.9 cm³/mol. The summed E-state index contributed by atoms with van der Waals surface area (Å²) in [5, 5.41) is 8.59. The fourth-order valence-corrected chi connectivity index (χ4v) is 1.53. The van der Waals surface area contributed by atoms with Gasteiger partial charge in [0.2, 0.25) is 0 Å². The minimum Gasteiger partial charge on any atom is -0.481 e. The third kappa shape index (κ3) is 2.92. The number of Topliss-reactive ketones (excluding diaryl/α,β-unsaturated/α-hetero) is 1. The molecule has 0 atom stereocenters. The lowest BCUT2D eigenvalue weighted by Crippen LogP contribution is -2.09. The number of rotatable bonds is 4. The van der Waals surface area contributed by atoms with Crippen molar-refractivity contribution < 1.29 is 14.7 Å². The van der Waals surface area contributed by atoms with Crippen LogP contribution in [0.1, 0.15) is 47.7 Å². The zero-order valence-electron chi connectivity index (χ0n) is 9.78. The Morgan fingerprint density at radius 2 is 1.94 bits per heavy atom. The largest absolute Gasteiger partial charge is 0.481 e. The van der Waals surface area contributed by atoms with Gasteiger partial charge in [-0.15, -0.1) is 0 Å². The van der Waals surface area contributed by atoms with Crippen LogP contribution in [-0.2, 0) is 4.79 Å². The summed E-state index contributed by atoms with van der Waals surface area (Å²) in [6.07, 6.45) is -0.442. The van der Waals surface area contributed by atoms with E-state index in [9.17, 15) is 9.59 Å². The van der Waals surface area contributed by atoms with E-state index in [1.54, 1.807) is 6.07 Å². The summed E-state index contributed by atoms with van der Waals surface area (Å²) in [6.45, 7) is 5.89. The van der Waals surface area contributed by atoms with Gasteiger partial charge in [0.05, 0.1) is 0 Å². The first-order chi connectivity index (χ1) is 7.41. The Balaban J connectivity index is 3.07. The van der Waals surface area contributed by atoms with E-state index in [0.29, 0.717) is 11.5 Å². The number of carboxylic acids is 1. The molecule has 0 aliphatic rings. The molecule has 3 nitrogen and oxygen atoms in total. The second kappa shape index (κ2) is 4.92. The van der Waals surface area contributed by atoms with Gasteiger partial charge < -0.3 is 5.11 Å². The highest BCUT2D eigenvalue weighted by Gasteiger charge is 2.14. The first-order valence-corrected chi connectivity index (χ1v) is 5.27. The van der Waals surface area contributed by atoms with Crippen LogP contribution in [0.5, 0.6) is 0 Å². The summed E-state index contributed by atoms with van der Waals surface area (Å²) in [6, 6.07) is 5.63. The fraction of sp³-hybridized carbons (Fsp3) is 0.385. The van der Waals surface area contributed by atoms with Gasteiger partial charge in [-0.3, -0.25) is 9.59 Å². The Morgan fingerprint density at radius 3 is 2.44 bits per heavy atom. The molecule has 16 heavy (non-hydrogen) atoms. The molecule has 86 valence electrons. The van der Waals surface area contributed by atoms with Crippen molar-refractivity contribution in [3.8, 4) is 0 Å². The van der Waals surface area contributed by atoms with Crippen molar-refractivity contribution in [2.24, 2.45) is 0 Å². The monoisotopic (exact) mass is 220 g/mol. The number of carbonyl (C=O) groups excluding carboxylic acids is 1. The molecule has 0 aliphatic carbocycles. The fourth-order valence-electron chi connectivity index (χ4n) is 1.53. The van der Waals surface area contributed by atoms with Crippen LogP contribution in [-0.4, -0.2) is 16.9 Å². The number of carbonyl (C=O) groups is 2. The van der Waals surface area contributed by atoms with Gasteiger partial charge in [-0.2, -0.15) is 0 Å². The number of aryl methyl sites for hydroxylation is 1. The molecule has 1 aromatic carbocycles. The van der Waals surface area contributed by atoms with Gasteiger partial charge in [-0.1, -0.05) is 26.0 Å². The Hall–Kier alpha value is -1.64. The van der Waals surface area contributed by atoms with E-state index < -0.39 is 12.4 Å². The summed E-state index contributed by atoms with van der Waals surface area (Å²) >= 11 is 0. The summed E-state index contributed by atoms with van der Waals surface area (Å²) in [7, 11) is 0. The Morgan fingerprint density at radius 1 is 1.31 bits per heavy atom. The van der Waals surface area contributed by atoms with E-state index in [0.717, 1.165) is 11.1 Å². The molecule has 0 radical (unpaired) electrons. The van der Waals surface area contributed by atoms with Gasteiger partial charge in [0.1, 0.15) is 6.42 Å². The minimum atomic E-state index is -1.08. The Kier molecular flexibility index (Phi) is 3.82. The van der Waals surface area contributed by atoms with E-state index in [4.69, 9.17) is 5.11 Å². The van der Waals surface area contributed by atoms with Crippen molar-refractivity contribution in [2.75, 3.05) is 0 Å². The summed E-state index contributed by atoms with van der Waals surface area (Å²) in [5.41, 5.74) is 2.41. The third-order valence-electron chi connectivity index (χ3n) is 2.54. The van der Waals surface area contributed by atoms with Crippen molar-refractivity contribution in [3.63, 3.8) is 0 Å². The lowest BCUT2D eigenvalue weighted by molar-refractivity contribution is -0.135. The molecule has 0 aromatic heterocycles. The third-order valence-corrected chi connectivity index (χ3v) is 2.54. The molecule has 0 heterocycles. The minimum absolute atomic E-state index is 0.326. The molecule has 0 saturated heterocycles. The van der Waals surface area contributed by atoms with Crippen LogP contribution in [0.4, 0.5) is 0 Å². The first kappa shape index (κ1) is 12.4. The lowest BCUT2D eigenvalue weighted by Gasteiger charge is -2.09. The molecule has 0 bridgehead atoms. The highest BCUT2D eigenvalue weighted by molar-refractivity contribution is 6.06. The van der Waals surface area contributed by atoms with E-state index in [-0.39, 0.29) is 5.78 Å². The zero-order chi connectivity index (χ0) is 12.3. The number of hydrogen-bond donors (Lipinski definition) is 1. The normalized spacial score (nSPS) is 10.5. The van der Waals surface area contributed by atoms with Crippen molar-refractivity contribution >= 4 is 11.8 Å². The Bertz CT molecular complexity index is 419. The molecular formula is C13H16O3. The second-order valence-electron chi connectivity index (χ2n) is 4.22. The van der Waals surface area contributed by atoms with E-state index in [1.807, 2.05) is 32.9 Å². The molecule has 0 fully saturated rings. The second-order valence-corrected chi connectivity index (χ2v) is 4.22. The molecular weight excluding hydrogens is 204 g/mol. The standard InChI is InChI=1S/C13H16O3/c1-8(2)10-5-4-9(3)11(6-10)12(14)7-13(15)16/h4-6,8H,7H2,1-3H3,(H,15,16). The topological polar surface area (TPSA) is 54.4 Å². The SMILES string of the molecule is Cc1ccc(C(C)C)cc1C(=O)CC(=O)O. The summed E-state index contributed by atoms with van der Waals surface area (Å²) in [4.78, 5) is 22.2. The Labute approximate surface area is 95.1 Å². The van der Waals surface area contributed by atoms with Gasteiger partial charge >= 0.3 is 5.97 Å². The molecule has 1 aromatic rings. The van der Waals surface area contributed by atoms with Crippen molar-refractivity contribution in [3.05, 3.63) is 34.9 Å². The van der Waals surface area contributed by atoms with E-state index >= 15 is 0 Å². The molecule has 1 N–H and O–H groups in total. The smallest absolute Gasteiger partial charge is 0.311 e. The maximum Gasteiger partial charge on any atom is 0.311 e. The van der Waals surface area contributed by atoms with Crippen molar-refractivity contribution in [1.82, 2.24) is 0 Å². The molecule has 1 rings (SSSR count). The van der Waals surface area contributed by atoms with Gasteiger partial charge in [0, 0.05) is 5.56 Å². The van der Waals surface area contributed by atoms with Crippen LogP contribution in [0.25, 0.3) is 0 Å². The number of aliphatic carboxylic acids is 1. The maximum absolute atomic E-state index is 11.7. The summed E-state index contributed by atoms with van der Waals surface area (Å²) < 4.78 is 0. The maximum atomic E-state index is 11.7. The van der Waals surface area contributed by atoms with Crippen LogP contribution in [0.2, 0.25) is 0 Å². The van der Waals surface area contributed by atoms with Crippen LogP contribution in [0, 0.1) is 6.92 Å². The molecule has 3 heteroatoms. The van der Waals surface area contributed by atoms with Gasteiger partial charge in [0.25, 0.3) is 0 Å². The van der Waals surface area contributed by atoms with Gasteiger partial charge in [-0.05, 0) is 30.0 Å². The quantitative estimate of drug-likeness (QED) is 0.627. The number of benzene rings is 1. The molecule has 0 spiro atoms. The van der Waals surface area contributed by atoms with Crippen LogP contribution >= 0.6 is 0 Å². The van der Waals surface area contributed by atoms with Gasteiger partial charge in [0.15, 0.2) is 5.78 Å². The van der Waals surface area contributed by atoms with Crippen LogP contribution in [0.15, 0.2) is 18.2 Å². The van der Waals surface area contributed by atoms with E-state index in [1.165, 1.54) is 0 Å². The first-order valence-electron chi connectivity index (χ1n) is 5.27. The van der Waals surface area contributed by atoms with Crippen LogP contribution < -0.4 is 0 Å². The van der Waals surface area contributed by atoms with E-state index in [2.05, 4.69) is 0 Å². The highest BCUT2D eigenvalue weighted by Crippen LogP contribution is 2.19. The van der Waals surface area contributed by atoms with Crippen LogP contribution in [0.3, 0.4) is 0 Å². The average Bonchev–Trinajstić information content (AvgIpc) is 2.16. The number of hydrogen-bond acceptors (Lipinski definition) is 2. The molecule has 0 unspecified atom stereocenters. The van der Waals surface area contributed by atoms with Gasteiger partial charge in [-0.25, -0.2) is 0 Å². The highest BCUT2D eigenvalue weighted by atomic mass is 16.4. The summed E-state index contributed by atoms with van der Waals surface area (Å²) in [5.74, 6) is -1.08. The van der Waals surface area contributed by atoms with Crippen molar-refractivity contribution in [2.45, 2.75) is 33.1 Å². The zero-order valence-corrected chi connectivity index (χ0v) is 9.78. The predicted octanol–water partition coefficient (Wildman–Crippen LogP) is 2.78. The molecule has 0 aliphatic heterocycles. The number of ketones is 1. The number of carboxylic acid groups (broad SMARTS) is 1. The molecule has 0 amide bonds. The molecule has 0 saturated carbocycles. The average molecular weight is 220 g/mol. The lowest BCUT2D eigenvalue weighted by atomic mass is 9.95.